The molecule has 0 N–H and O–H groups in total. The van der Waals surface area contributed by atoms with Gasteiger partial charge in [-0.1, -0.05) is 5.92 Å². The number of amides is 1. The summed E-state index contributed by atoms with van der Waals surface area (Å²) in [6.45, 7) is 2.64. The summed E-state index contributed by atoms with van der Waals surface area (Å²) in [5.74, 6) is 2.61. The lowest BCUT2D eigenvalue weighted by atomic mass is 10.3. The molecule has 0 radical (unpaired) electrons. The molecule has 1 fully saturated rings. The molecule has 0 atom stereocenters. The Morgan fingerprint density at radius 2 is 2.36 bits per heavy atom. The highest BCUT2D eigenvalue weighted by molar-refractivity contribution is 5.79. The molecular formula is C8H12N2O. The quantitative estimate of drug-likeness (QED) is 0.468. The normalized spacial score (nSPS) is 20.0. The standard InChI is InChI=1S/C8H12N2O/c1-3-4-10-6-5-9(2)7-8(10)11/h1H,4-7H2,2H3. The van der Waals surface area contributed by atoms with Crippen molar-refractivity contribution >= 4 is 5.91 Å². The number of piperazine rings is 1. The second kappa shape index (κ2) is 3.40. The second-order valence-corrected chi connectivity index (χ2v) is 2.76. The third kappa shape index (κ3) is 1.95. The van der Waals surface area contributed by atoms with Gasteiger partial charge in [-0.05, 0) is 7.05 Å². The fourth-order valence-corrected chi connectivity index (χ4v) is 1.10. The molecule has 0 spiro atoms. The van der Waals surface area contributed by atoms with Crippen molar-refractivity contribution in [1.82, 2.24) is 9.80 Å². The van der Waals surface area contributed by atoms with Crippen molar-refractivity contribution in [3.05, 3.63) is 0 Å². The minimum absolute atomic E-state index is 0.136. The van der Waals surface area contributed by atoms with Gasteiger partial charge in [-0.2, -0.15) is 0 Å². The second-order valence-electron chi connectivity index (χ2n) is 2.76. The first kappa shape index (κ1) is 8.09. The maximum Gasteiger partial charge on any atom is 0.237 e. The molecule has 11 heavy (non-hydrogen) atoms. The summed E-state index contributed by atoms with van der Waals surface area (Å²) in [5.41, 5.74) is 0. The van der Waals surface area contributed by atoms with Gasteiger partial charge in [0.25, 0.3) is 0 Å². The molecule has 3 heteroatoms. The molecule has 0 aromatic carbocycles. The van der Waals surface area contributed by atoms with E-state index < -0.39 is 0 Å². The zero-order valence-electron chi connectivity index (χ0n) is 6.71. The van der Waals surface area contributed by atoms with E-state index >= 15 is 0 Å². The lowest BCUT2D eigenvalue weighted by Gasteiger charge is -2.30. The highest BCUT2D eigenvalue weighted by atomic mass is 16.2. The molecule has 60 valence electrons. The molecule has 0 aromatic heterocycles. The van der Waals surface area contributed by atoms with E-state index in [4.69, 9.17) is 6.42 Å². The largest absolute Gasteiger partial charge is 0.329 e. The minimum Gasteiger partial charge on any atom is -0.329 e. The molecule has 1 aliphatic heterocycles. The van der Waals surface area contributed by atoms with Crippen LogP contribution in [0.2, 0.25) is 0 Å². The van der Waals surface area contributed by atoms with Gasteiger partial charge in [0.2, 0.25) is 5.91 Å². The van der Waals surface area contributed by atoms with Crippen molar-refractivity contribution in [2.24, 2.45) is 0 Å². The minimum atomic E-state index is 0.136. The van der Waals surface area contributed by atoms with Gasteiger partial charge in [0.1, 0.15) is 0 Å². The number of likely N-dealkylation sites (N-methyl/N-ethyl adjacent to an activating group) is 1. The van der Waals surface area contributed by atoms with Crippen LogP contribution in [-0.2, 0) is 4.79 Å². The first-order chi connectivity index (χ1) is 5.24. The van der Waals surface area contributed by atoms with Gasteiger partial charge in [-0.3, -0.25) is 9.69 Å². The molecule has 0 aromatic rings. The van der Waals surface area contributed by atoms with Crippen molar-refractivity contribution in [1.29, 1.82) is 0 Å². The van der Waals surface area contributed by atoms with Crippen molar-refractivity contribution in [3.8, 4) is 12.3 Å². The van der Waals surface area contributed by atoms with Gasteiger partial charge in [0.15, 0.2) is 0 Å². The monoisotopic (exact) mass is 152 g/mol. The Morgan fingerprint density at radius 3 is 2.91 bits per heavy atom. The Hall–Kier alpha value is -1.01. The van der Waals surface area contributed by atoms with Gasteiger partial charge in [-0.25, -0.2) is 0 Å². The van der Waals surface area contributed by atoms with E-state index in [0.717, 1.165) is 13.1 Å². The Balaban J connectivity index is 2.45. The van der Waals surface area contributed by atoms with Gasteiger partial charge in [0, 0.05) is 13.1 Å². The maximum absolute atomic E-state index is 11.2. The number of rotatable bonds is 1. The summed E-state index contributed by atoms with van der Waals surface area (Å²) in [4.78, 5) is 14.9. The van der Waals surface area contributed by atoms with Crippen LogP contribution in [0.25, 0.3) is 0 Å². The van der Waals surface area contributed by atoms with Gasteiger partial charge in [-0.15, -0.1) is 6.42 Å². The SMILES string of the molecule is C#CCN1CCN(C)CC1=O. The van der Waals surface area contributed by atoms with E-state index in [1.807, 2.05) is 11.9 Å². The predicted molar refractivity (Wildman–Crippen MR) is 42.9 cm³/mol. The summed E-state index contributed by atoms with van der Waals surface area (Å²) in [7, 11) is 1.94. The summed E-state index contributed by atoms with van der Waals surface area (Å²) in [6.07, 6.45) is 5.10. The molecular weight excluding hydrogens is 140 g/mol. The van der Waals surface area contributed by atoms with Crippen LogP contribution in [0.15, 0.2) is 0 Å². The fourth-order valence-electron chi connectivity index (χ4n) is 1.10. The van der Waals surface area contributed by atoms with Crippen LogP contribution in [0.3, 0.4) is 0 Å². The summed E-state index contributed by atoms with van der Waals surface area (Å²) >= 11 is 0. The molecule has 1 heterocycles. The van der Waals surface area contributed by atoms with Crippen LogP contribution in [-0.4, -0.2) is 48.9 Å². The third-order valence-corrected chi connectivity index (χ3v) is 1.79. The van der Waals surface area contributed by atoms with Gasteiger partial charge >= 0.3 is 0 Å². The number of terminal acetylenes is 1. The third-order valence-electron chi connectivity index (χ3n) is 1.79. The number of nitrogens with zero attached hydrogens (tertiary/aromatic N) is 2. The van der Waals surface area contributed by atoms with Crippen LogP contribution in [0.5, 0.6) is 0 Å². The Morgan fingerprint density at radius 1 is 1.64 bits per heavy atom. The summed E-state index contributed by atoms with van der Waals surface area (Å²) in [6, 6.07) is 0. The Labute approximate surface area is 67.0 Å². The average Bonchev–Trinajstić information content (AvgIpc) is 1.95. The van der Waals surface area contributed by atoms with Gasteiger partial charge < -0.3 is 4.90 Å². The molecule has 0 saturated carbocycles. The lowest BCUT2D eigenvalue weighted by Crippen LogP contribution is -2.48. The highest BCUT2D eigenvalue weighted by Gasteiger charge is 2.19. The van der Waals surface area contributed by atoms with Crippen LogP contribution < -0.4 is 0 Å². The van der Waals surface area contributed by atoms with Crippen LogP contribution in [0, 0.1) is 12.3 Å². The lowest BCUT2D eigenvalue weighted by molar-refractivity contribution is -0.134. The number of hydrogen-bond acceptors (Lipinski definition) is 2. The first-order valence-corrected chi connectivity index (χ1v) is 3.64. The van der Waals surface area contributed by atoms with E-state index in [-0.39, 0.29) is 5.91 Å². The molecule has 1 amide bonds. The van der Waals surface area contributed by atoms with Crippen molar-refractivity contribution < 1.29 is 4.79 Å². The Bertz CT molecular complexity index is 195. The van der Waals surface area contributed by atoms with E-state index in [0.29, 0.717) is 13.1 Å². The average molecular weight is 152 g/mol. The van der Waals surface area contributed by atoms with E-state index in [2.05, 4.69) is 5.92 Å². The molecule has 3 nitrogen and oxygen atoms in total. The fraction of sp³-hybridized carbons (Fsp3) is 0.625. The number of carbonyl (C=O) groups is 1. The highest BCUT2D eigenvalue weighted by Crippen LogP contribution is 1.99. The molecule has 1 rings (SSSR count). The van der Waals surface area contributed by atoms with Crippen LogP contribution in [0.1, 0.15) is 0 Å². The van der Waals surface area contributed by atoms with E-state index in [1.54, 1.807) is 4.90 Å². The maximum atomic E-state index is 11.2. The predicted octanol–water partition coefficient (Wildman–Crippen LogP) is -0.606. The van der Waals surface area contributed by atoms with Crippen LogP contribution >= 0.6 is 0 Å². The smallest absolute Gasteiger partial charge is 0.237 e. The number of carbonyl (C=O) groups excluding carboxylic acids is 1. The summed E-state index contributed by atoms with van der Waals surface area (Å²) < 4.78 is 0. The molecule has 0 unspecified atom stereocenters. The topological polar surface area (TPSA) is 23.6 Å². The van der Waals surface area contributed by atoms with Crippen molar-refractivity contribution in [3.63, 3.8) is 0 Å². The number of hydrogen-bond donors (Lipinski definition) is 0. The van der Waals surface area contributed by atoms with Crippen LogP contribution in [0.4, 0.5) is 0 Å². The Kier molecular flexibility index (Phi) is 2.50. The molecule has 0 aliphatic carbocycles. The zero-order valence-corrected chi connectivity index (χ0v) is 6.71. The molecule has 0 bridgehead atoms. The molecule has 1 aliphatic rings. The van der Waals surface area contributed by atoms with Crippen molar-refractivity contribution in [2.75, 3.05) is 33.2 Å². The zero-order chi connectivity index (χ0) is 8.27. The first-order valence-electron chi connectivity index (χ1n) is 3.64. The van der Waals surface area contributed by atoms with E-state index in [1.165, 1.54) is 0 Å². The van der Waals surface area contributed by atoms with Gasteiger partial charge in [0.05, 0.1) is 13.1 Å². The van der Waals surface area contributed by atoms with E-state index in [9.17, 15) is 4.79 Å². The van der Waals surface area contributed by atoms with Crippen molar-refractivity contribution in [2.45, 2.75) is 0 Å². The summed E-state index contributed by atoms with van der Waals surface area (Å²) in [5, 5.41) is 0. The molecule has 1 saturated heterocycles.